The molecular weight excluding hydrogens is 745 g/mol. The Balaban J connectivity index is 0.852. The first-order chi connectivity index (χ1) is 30.7. The van der Waals surface area contributed by atoms with Crippen molar-refractivity contribution in [3.63, 3.8) is 0 Å². The van der Waals surface area contributed by atoms with Crippen LogP contribution in [0.15, 0.2) is 231 Å². The molecule has 13 aromatic rings. The fourth-order valence-corrected chi connectivity index (χ4v) is 10.4. The lowest BCUT2D eigenvalue weighted by atomic mass is 9.86. The monoisotopic (exact) mass is 782 g/mol. The highest BCUT2D eigenvalue weighted by Crippen LogP contribution is 2.45. The highest BCUT2D eigenvalue weighted by atomic mass is 14.2. The summed E-state index contributed by atoms with van der Waals surface area (Å²) in [6.07, 6.45) is 0. The third-order valence-electron chi connectivity index (χ3n) is 13.4. The summed E-state index contributed by atoms with van der Waals surface area (Å²) in [4.78, 5) is 0. The highest BCUT2D eigenvalue weighted by Gasteiger charge is 2.17. The van der Waals surface area contributed by atoms with E-state index < -0.39 is 0 Å². The Morgan fingerprint density at radius 2 is 0.435 bits per heavy atom. The van der Waals surface area contributed by atoms with Gasteiger partial charge in [0.1, 0.15) is 0 Å². The zero-order valence-electron chi connectivity index (χ0n) is 33.9. The van der Waals surface area contributed by atoms with Gasteiger partial charge in [0.15, 0.2) is 0 Å². The molecule has 0 bridgehead atoms. The Morgan fingerprint density at radius 1 is 0.161 bits per heavy atom. The lowest BCUT2D eigenvalue weighted by molar-refractivity contribution is 1.58. The summed E-state index contributed by atoms with van der Waals surface area (Å²) in [5.74, 6) is 0. The average molecular weight is 783 g/mol. The van der Waals surface area contributed by atoms with Gasteiger partial charge >= 0.3 is 0 Å². The van der Waals surface area contributed by atoms with Crippen LogP contribution in [-0.2, 0) is 0 Å². The summed E-state index contributed by atoms with van der Waals surface area (Å²) in [7, 11) is 0. The third kappa shape index (κ3) is 5.40. The van der Waals surface area contributed by atoms with E-state index in [9.17, 15) is 0 Å². The molecule has 0 aliphatic rings. The SMILES string of the molecule is c1ccc(-c2ccc3ccc4c(-c5cccc(-c6ccc(-c7cccc(-c8ccc9ccc%10c(-c%11ccccc%11)ccc%11ccc8c9c%11%10)c7)cc6)c5)ccc5ccc2c3c54)cc1. The van der Waals surface area contributed by atoms with E-state index in [1.807, 2.05) is 0 Å². The zero-order chi connectivity index (χ0) is 40.7. The molecule has 0 heterocycles. The van der Waals surface area contributed by atoms with Crippen molar-refractivity contribution in [1.29, 1.82) is 0 Å². The van der Waals surface area contributed by atoms with Crippen LogP contribution in [-0.4, -0.2) is 0 Å². The molecule has 0 radical (unpaired) electrons. The minimum absolute atomic E-state index is 1.21. The number of rotatable bonds is 6. The van der Waals surface area contributed by atoms with E-state index >= 15 is 0 Å². The molecule has 286 valence electrons. The Hall–Kier alpha value is -8.06. The summed E-state index contributed by atoms with van der Waals surface area (Å²) < 4.78 is 0. The topological polar surface area (TPSA) is 0 Å². The Morgan fingerprint density at radius 3 is 0.774 bits per heavy atom. The van der Waals surface area contributed by atoms with Crippen LogP contribution in [0.4, 0.5) is 0 Å². The quantitative estimate of drug-likeness (QED) is 0.147. The van der Waals surface area contributed by atoms with E-state index in [2.05, 4.69) is 231 Å². The van der Waals surface area contributed by atoms with Gasteiger partial charge in [-0.25, -0.2) is 0 Å². The van der Waals surface area contributed by atoms with E-state index in [0.717, 1.165) is 0 Å². The number of hydrogen-bond acceptors (Lipinski definition) is 0. The standard InChI is InChI=1S/C62H38/c1-3-9-41(10-4-1)51-29-21-43-27-35-57-53(31-23-45-25-33-55(51)59(43)61(45)57)49-15-7-13-47(37-49)39-17-19-40(20-18-39)48-14-8-16-50(38-48)54-32-24-46-26-34-56-52(42-11-5-2-6-12-42)30-22-44-28-36-58(54)62(46)60(44)56/h1-38H. The second-order valence-corrected chi connectivity index (χ2v) is 16.8. The first-order valence-electron chi connectivity index (χ1n) is 21.6. The molecule has 0 amide bonds. The number of hydrogen-bond donors (Lipinski definition) is 0. The first kappa shape index (κ1) is 34.8. The Labute approximate surface area is 360 Å². The summed E-state index contributed by atoms with van der Waals surface area (Å²) >= 11 is 0. The predicted octanol–water partition coefficient (Wildman–Crippen LogP) is 17.5. The molecule has 0 nitrogen and oxygen atoms in total. The first-order valence-corrected chi connectivity index (χ1v) is 21.6. The van der Waals surface area contributed by atoms with Gasteiger partial charge in [0.25, 0.3) is 0 Å². The normalized spacial score (nSPS) is 11.9. The molecule has 0 fully saturated rings. The van der Waals surface area contributed by atoms with Crippen LogP contribution >= 0.6 is 0 Å². The molecule has 0 heteroatoms. The van der Waals surface area contributed by atoms with Crippen molar-refractivity contribution in [2.24, 2.45) is 0 Å². The minimum atomic E-state index is 1.21. The van der Waals surface area contributed by atoms with E-state index in [-0.39, 0.29) is 0 Å². The molecule has 13 aromatic carbocycles. The van der Waals surface area contributed by atoms with E-state index in [1.165, 1.54) is 131 Å². The predicted molar refractivity (Wildman–Crippen MR) is 266 cm³/mol. The molecule has 0 aliphatic heterocycles. The molecule has 0 spiro atoms. The third-order valence-corrected chi connectivity index (χ3v) is 13.4. The molecule has 0 saturated heterocycles. The second-order valence-electron chi connectivity index (χ2n) is 16.8. The largest absolute Gasteiger partial charge is 0.0622 e. The van der Waals surface area contributed by atoms with Crippen molar-refractivity contribution < 1.29 is 0 Å². The van der Waals surface area contributed by atoms with E-state index in [0.29, 0.717) is 0 Å². The molecule has 13 rings (SSSR count). The zero-order valence-corrected chi connectivity index (χ0v) is 33.9. The summed E-state index contributed by atoms with van der Waals surface area (Å²) in [5, 5.41) is 15.7. The Kier molecular flexibility index (Phi) is 7.71. The van der Waals surface area contributed by atoms with Gasteiger partial charge < -0.3 is 0 Å². The van der Waals surface area contributed by atoms with Crippen LogP contribution in [0.25, 0.3) is 131 Å². The summed E-state index contributed by atoms with van der Waals surface area (Å²) in [6.45, 7) is 0. The lowest BCUT2D eigenvalue weighted by Gasteiger charge is -2.17. The van der Waals surface area contributed by atoms with Crippen LogP contribution in [0.1, 0.15) is 0 Å². The maximum atomic E-state index is 2.36. The minimum Gasteiger partial charge on any atom is -0.0622 e. The molecule has 0 aliphatic carbocycles. The molecule has 0 N–H and O–H groups in total. The molecule has 62 heavy (non-hydrogen) atoms. The molecule has 0 unspecified atom stereocenters. The van der Waals surface area contributed by atoms with Gasteiger partial charge in [0.2, 0.25) is 0 Å². The lowest BCUT2D eigenvalue weighted by Crippen LogP contribution is -1.90. The number of benzene rings is 13. The average Bonchev–Trinajstić information content (AvgIpc) is 3.35. The summed E-state index contributed by atoms with van der Waals surface area (Å²) in [6, 6.07) is 85.5. The van der Waals surface area contributed by atoms with Crippen LogP contribution in [0, 0.1) is 0 Å². The van der Waals surface area contributed by atoms with Crippen LogP contribution < -0.4 is 0 Å². The molecule has 0 atom stereocenters. The highest BCUT2D eigenvalue weighted by molar-refractivity contribution is 6.29. The smallest absolute Gasteiger partial charge is 0.00203 e. The maximum absolute atomic E-state index is 2.36. The van der Waals surface area contributed by atoms with Crippen molar-refractivity contribution in [2.75, 3.05) is 0 Å². The fourth-order valence-electron chi connectivity index (χ4n) is 10.4. The fraction of sp³-hybridized carbons (Fsp3) is 0. The molecule has 0 aromatic heterocycles. The van der Waals surface area contributed by atoms with Gasteiger partial charge in [-0.1, -0.05) is 218 Å². The van der Waals surface area contributed by atoms with E-state index in [1.54, 1.807) is 0 Å². The van der Waals surface area contributed by atoms with Crippen molar-refractivity contribution in [3.8, 4) is 66.8 Å². The van der Waals surface area contributed by atoms with Gasteiger partial charge in [-0.2, -0.15) is 0 Å². The van der Waals surface area contributed by atoms with Crippen molar-refractivity contribution in [2.45, 2.75) is 0 Å². The van der Waals surface area contributed by atoms with Gasteiger partial charge in [-0.15, -0.1) is 0 Å². The summed E-state index contributed by atoms with van der Waals surface area (Å²) in [5.41, 5.74) is 14.9. The molecule has 0 saturated carbocycles. The van der Waals surface area contributed by atoms with Crippen LogP contribution in [0.3, 0.4) is 0 Å². The van der Waals surface area contributed by atoms with Gasteiger partial charge in [-0.05, 0) is 144 Å². The van der Waals surface area contributed by atoms with Crippen molar-refractivity contribution >= 4 is 64.6 Å². The van der Waals surface area contributed by atoms with Crippen molar-refractivity contribution in [3.05, 3.63) is 231 Å². The second kappa shape index (κ2) is 13.7. The van der Waals surface area contributed by atoms with Gasteiger partial charge in [0.05, 0.1) is 0 Å². The van der Waals surface area contributed by atoms with Gasteiger partial charge in [0, 0.05) is 0 Å². The van der Waals surface area contributed by atoms with Crippen molar-refractivity contribution in [1.82, 2.24) is 0 Å². The van der Waals surface area contributed by atoms with Crippen LogP contribution in [0.5, 0.6) is 0 Å². The van der Waals surface area contributed by atoms with E-state index in [4.69, 9.17) is 0 Å². The Bertz CT molecular complexity index is 3570. The van der Waals surface area contributed by atoms with Crippen LogP contribution in [0.2, 0.25) is 0 Å². The molecular formula is C62H38. The maximum Gasteiger partial charge on any atom is -0.00203 e. The van der Waals surface area contributed by atoms with Gasteiger partial charge in [-0.3, -0.25) is 0 Å².